The number of hydrogen-bond donors (Lipinski definition) is 1. The van der Waals surface area contributed by atoms with Crippen molar-refractivity contribution in [2.45, 2.75) is 18.7 Å². The summed E-state index contributed by atoms with van der Waals surface area (Å²) in [6, 6.07) is 14.4. The van der Waals surface area contributed by atoms with Crippen molar-refractivity contribution in [1.29, 1.82) is 0 Å². The predicted molar refractivity (Wildman–Crippen MR) is 109 cm³/mol. The van der Waals surface area contributed by atoms with Crippen LogP contribution in [0.3, 0.4) is 0 Å². The smallest absolute Gasteiger partial charge is 0.273 e. The Morgan fingerprint density at radius 3 is 2.71 bits per heavy atom. The predicted octanol–water partition coefficient (Wildman–Crippen LogP) is 5.56. The van der Waals surface area contributed by atoms with Gasteiger partial charge >= 0.3 is 0 Å². The Labute approximate surface area is 165 Å². The summed E-state index contributed by atoms with van der Waals surface area (Å²) in [5, 5.41) is 14.1. The second kappa shape index (κ2) is 7.01. The summed E-state index contributed by atoms with van der Waals surface area (Å²) in [7, 11) is 0. The van der Waals surface area contributed by atoms with E-state index in [1.807, 2.05) is 37.3 Å². The van der Waals surface area contributed by atoms with Gasteiger partial charge in [0.25, 0.3) is 11.6 Å². The lowest BCUT2D eigenvalue weighted by Gasteiger charge is -2.17. The fourth-order valence-corrected chi connectivity index (χ4v) is 3.92. The normalized spacial score (nSPS) is 14.6. The number of benzene rings is 2. The van der Waals surface area contributed by atoms with E-state index in [4.69, 9.17) is 4.42 Å². The maximum Gasteiger partial charge on any atom is 0.273 e. The van der Waals surface area contributed by atoms with Crippen molar-refractivity contribution in [2.75, 3.05) is 5.32 Å². The van der Waals surface area contributed by atoms with Crippen molar-refractivity contribution >= 4 is 35.1 Å². The molecule has 0 radical (unpaired) electrons. The lowest BCUT2D eigenvalue weighted by molar-refractivity contribution is -0.385. The van der Waals surface area contributed by atoms with E-state index < -0.39 is 4.92 Å². The van der Waals surface area contributed by atoms with Crippen molar-refractivity contribution < 1.29 is 14.1 Å². The van der Waals surface area contributed by atoms with Gasteiger partial charge in [0, 0.05) is 28.2 Å². The van der Waals surface area contributed by atoms with Gasteiger partial charge in [0.2, 0.25) is 0 Å². The van der Waals surface area contributed by atoms with E-state index in [9.17, 15) is 14.9 Å². The number of carbonyl (C=O) groups is 1. The van der Waals surface area contributed by atoms with Crippen LogP contribution in [0.2, 0.25) is 0 Å². The molecule has 28 heavy (non-hydrogen) atoms. The molecule has 7 heteroatoms. The van der Waals surface area contributed by atoms with Gasteiger partial charge in [0.05, 0.1) is 15.5 Å². The molecule has 0 saturated carbocycles. The molecule has 2 aromatic carbocycles. The topological polar surface area (TPSA) is 85.4 Å². The number of aryl methyl sites for hydroxylation is 1. The summed E-state index contributed by atoms with van der Waals surface area (Å²) < 4.78 is 5.85. The molecule has 4 rings (SSSR count). The van der Waals surface area contributed by atoms with Gasteiger partial charge in [0.1, 0.15) is 11.5 Å². The molecule has 1 amide bonds. The van der Waals surface area contributed by atoms with E-state index in [1.165, 1.54) is 17.8 Å². The third-order valence-electron chi connectivity index (χ3n) is 4.60. The zero-order valence-electron chi connectivity index (χ0n) is 15.2. The largest absolute Gasteiger partial charge is 0.457 e. The number of para-hydroxylation sites is 1. The first-order valence-electron chi connectivity index (χ1n) is 8.58. The van der Waals surface area contributed by atoms with E-state index in [2.05, 4.69) is 5.32 Å². The lowest BCUT2D eigenvalue weighted by atomic mass is 10.0. The Balaban J connectivity index is 1.67. The Morgan fingerprint density at radius 1 is 1.14 bits per heavy atom. The molecule has 0 fully saturated rings. The number of amides is 1. The molecule has 0 unspecified atom stereocenters. The van der Waals surface area contributed by atoms with Gasteiger partial charge in [-0.15, -0.1) is 0 Å². The van der Waals surface area contributed by atoms with E-state index >= 15 is 0 Å². The number of nitro benzene ring substituents is 1. The molecule has 1 aliphatic heterocycles. The highest BCUT2D eigenvalue weighted by molar-refractivity contribution is 8.04. The highest BCUT2D eigenvalue weighted by Crippen LogP contribution is 2.39. The Kier molecular flexibility index (Phi) is 4.52. The first kappa shape index (κ1) is 18.1. The Hall–Kier alpha value is -3.32. The number of nitrogens with zero attached hydrogens (tertiary/aromatic N) is 1. The molecule has 1 aliphatic rings. The van der Waals surface area contributed by atoms with Gasteiger partial charge in [-0.2, -0.15) is 0 Å². The monoisotopic (exact) mass is 392 g/mol. The Morgan fingerprint density at radius 2 is 1.93 bits per heavy atom. The van der Waals surface area contributed by atoms with Crippen LogP contribution in [-0.2, 0) is 4.79 Å². The highest BCUT2D eigenvalue weighted by Gasteiger charge is 2.21. The first-order valence-corrected chi connectivity index (χ1v) is 9.40. The molecule has 140 valence electrons. The zero-order chi connectivity index (χ0) is 19.8. The zero-order valence-corrected chi connectivity index (χ0v) is 16.0. The molecule has 0 bridgehead atoms. The van der Waals surface area contributed by atoms with Crippen LogP contribution in [0.5, 0.6) is 0 Å². The van der Waals surface area contributed by atoms with Gasteiger partial charge in [-0.05, 0) is 49.7 Å². The number of rotatable bonds is 3. The summed E-state index contributed by atoms with van der Waals surface area (Å²) in [4.78, 5) is 24.7. The van der Waals surface area contributed by atoms with E-state index in [0.717, 1.165) is 16.1 Å². The summed E-state index contributed by atoms with van der Waals surface area (Å²) >= 11 is 1.38. The average molecular weight is 392 g/mol. The van der Waals surface area contributed by atoms with Crippen LogP contribution in [0.4, 0.5) is 11.4 Å². The minimum absolute atomic E-state index is 0.0603. The van der Waals surface area contributed by atoms with Crippen LogP contribution >= 0.6 is 11.8 Å². The van der Waals surface area contributed by atoms with Crippen LogP contribution in [-0.4, -0.2) is 10.8 Å². The van der Waals surface area contributed by atoms with Crippen molar-refractivity contribution in [3.63, 3.8) is 0 Å². The molecular formula is C21H16N2O4S. The quantitative estimate of drug-likeness (QED) is 0.358. The molecule has 3 aromatic rings. The summed E-state index contributed by atoms with van der Waals surface area (Å²) in [6.07, 6.45) is 1.68. The molecule has 0 aliphatic carbocycles. The van der Waals surface area contributed by atoms with Gasteiger partial charge < -0.3 is 9.73 Å². The van der Waals surface area contributed by atoms with Gasteiger partial charge in [-0.3, -0.25) is 14.9 Å². The standard InChI is InChI=1S/C21H16N2O4S/c1-12-9-14(10-17(13(12)2)23(25)26)18-8-7-15(27-18)11-20-21(24)22-16-5-3-4-6-19(16)28-20/h3-11H,1-2H3,(H,22,24)/b20-11-. The number of nitrogens with one attached hydrogen (secondary N) is 1. The van der Waals surface area contributed by atoms with Crippen LogP contribution in [0.1, 0.15) is 16.9 Å². The van der Waals surface area contributed by atoms with Crippen LogP contribution < -0.4 is 5.32 Å². The maximum atomic E-state index is 12.3. The van der Waals surface area contributed by atoms with E-state index in [1.54, 1.807) is 25.1 Å². The van der Waals surface area contributed by atoms with Crippen molar-refractivity contribution in [3.8, 4) is 11.3 Å². The Bertz CT molecular complexity index is 1150. The van der Waals surface area contributed by atoms with Crippen LogP contribution in [0.15, 0.2) is 62.7 Å². The minimum atomic E-state index is -0.391. The van der Waals surface area contributed by atoms with Gasteiger partial charge in [-0.1, -0.05) is 23.9 Å². The minimum Gasteiger partial charge on any atom is -0.457 e. The number of hydrogen-bond acceptors (Lipinski definition) is 5. The average Bonchev–Trinajstić information content (AvgIpc) is 3.13. The number of furan rings is 1. The highest BCUT2D eigenvalue weighted by atomic mass is 32.2. The van der Waals surface area contributed by atoms with E-state index in [0.29, 0.717) is 27.6 Å². The summed E-state index contributed by atoms with van der Waals surface area (Å²) in [6.45, 7) is 3.56. The molecule has 2 heterocycles. The molecular weight excluding hydrogens is 376 g/mol. The number of nitro groups is 1. The first-order chi connectivity index (χ1) is 13.4. The maximum absolute atomic E-state index is 12.3. The second-order valence-electron chi connectivity index (χ2n) is 6.46. The molecule has 0 atom stereocenters. The molecule has 6 nitrogen and oxygen atoms in total. The molecule has 0 spiro atoms. The van der Waals surface area contributed by atoms with Crippen molar-refractivity contribution in [1.82, 2.24) is 0 Å². The van der Waals surface area contributed by atoms with Crippen molar-refractivity contribution in [3.05, 3.63) is 80.4 Å². The molecule has 0 saturated heterocycles. The van der Waals surface area contributed by atoms with E-state index in [-0.39, 0.29) is 11.6 Å². The van der Waals surface area contributed by atoms with Gasteiger partial charge in [-0.25, -0.2) is 0 Å². The third-order valence-corrected chi connectivity index (χ3v) is 5.70. The lowest BCUT2D eigenvalue weighted by Crippen LogP contribution is -2.16. The molecule has 1 N–H and O–H groups in total. The fourth-order valence-electron chi connectivity index (χ4n) is 2.99. The third kappa shape index (κ3) is 3.32. The second-order valence-corrected chi connectivity index (χ2v) is 7.54. The van der Waals surface area contributed by atoms with Gasteiger partial charge in [0.15, 0.2) is 0 Å². The SMILES string of the molecule is Cc1cc(-c2ccc(/C=C3\Sc4ccccc4NC3=O)o2)cc([N+](=O)[O-])c1C. The number of carbonyl (C=O) groups excluding carboxylic acids is 1. The molecule has 1 aromatic heterocycles. The van der Waals surface area contributed by atoms with Crippen molar-refractivity contribution in [2.24, 2.45) is 0 Å². The van der Waals surface area contributed by atoms with Crippen LogP contribution in [0, 0.1) is 24.0 Å². The summed E-state index contributed by atoms with van der Waals surface area (Å²) in [5.74, 6) is 0.830. The number of thioether (sulfide) groups is 1. The van der Waals surface area contributed by atoms with Crippen LogP contribution in [0.25, 0.3) is 17.4 Å². The number of fused-ring (bicyclic) bond motifs is 1. The summed E-state index contributed by atoms with van der Waals surface area (Å²) in [5.41, 5.74) is 2.93. The fraction of sp³-hybridized carbons (Fsp3) is 0.0952. The number of anilines is 1.